The van der Waals surface area contributed by atoms with Crippen molar-refractivity contribution in [2.45, 2.75) is 29.9 Å². The van der Waals surface area contributed by atoms with E-state index in [9.17, 15) is 0 Å². The minimum absolute atomic E-state index is 0.107. The number of hydrogen-bond donors (Lipinski definition) is 1. The van der Waals surface area contributed by atoms with Crippen LogP contribution in [0, 0.1) is 11.8 Å². The Kier molecular flexibility index (Phi) is 4.61. The predicted molar refractivity (Wildman–Crippen MR) is 139 cm³/mol. The second kappa shape index (κ2) is 7.58. The predicted octanol–water partition coefficient (Wildman–Crippen LogP) is 4.67. The van der Waals surface area contributed by atoms with Crippen molar-refractivity contribution in [3.05, 3.63) is 90.0 Å². The second-order valence-electron chi connectivity index (χ2n) is 11.0. The standard InChI is InChI=1S/C30H33BN2/c1-33-18-16-29-27(20-33)30(24-13-7-5-11-22(24)23-12-6-8-14-25(23)30)26-19-32-17-15-28(26)31(29)21-9-3-2-4-10-21/h2-14,26-29,32H,15-20H2,1H3. The first-order chi connectivity index (χ1) is 16.3. The van der Waals surface area contributed by atoms with E-state index in [0.717, 1.165) is 24.7 Å². The Hall–Kier alpha value is -2.36. The van der Waals surface area contributed by atoms with E-state index < -0.39 is 0 Å². The van der Waals surface area contributed by atoms with Crippen LogP contribution in [0.25, 0.3) is 11.1 Å². The highest BCUT2D eigenvalue weighted by Gasteiger charge is 2.64. The quantitative estimate of drug-likeness (QED) is 0.563. The lowest BCUT2D eigenvalue weighted by atomic mass is 9.19. The molecule has 4 atom stereocenters. The Bertz CT molecular complexity index is 1130. The van der Waals surface area contributed by atoms with Gasteiger partial charge in [0.25, 0.3) is 0 Å². The van der Waals surface area contributed by atoms with Crippen LogP contribution in [0.5, 0.6) is 0 Å². The fraction of sp³-hybridized carbons (Fsp3) is 0.400. The highest BCUT2D eigenvalue weighted by atomic mass is 15.1. The van der Waals surface area contributed by atoms with Gasteiger partial charge in [-0.25, -0.2) is 0 Å². The number of benzene rings is 3. The van der Waals surface area contributed by atoms with Gasteiger partial charge in [0.05, 0.1) is 0 Å². The minimum Gasteiger partial charge on any atom is -0.316 e. The number of nitrogens with zero attached hydrogens (tertiary/aromatic N) is 1. The maximum atomic E-state index is 3.86. The largest absolute Gasteiger partial charge is 0.316 e. The molecule has 1 spiro atoms. The van der Waals surface area contributed by atoms with Crippen LogP contribution in [-0.2, 0) is 5.41 Å². The van der Waals surface area contributed by atoms with Gasteiger partial charge in [0.15, 0.2) is 6.71 Å². The molecule has 3 fully saturated rings. The summed E-state index contributed by atoms with van der Waals surface area (Å²) in [5.74, 6) is 2.70. The summed E-state index contributed by atoms with van der Waals surface area (Å²) in [6.07, 6.45) is 2.60. The van der Waals surface area contributed by atoms with Crippen LogP contribution in [0.3, 0.4) is 0 Å². The number of nitrogens with one attached hydrogen (secondary N) is 1. The molecule has 3 aliphatic heterocycles. The average molecular weight is 432 g/mol. The van der Waals surface area contributed by atoms with E-state index in [-0.39, 0.29) is 5.41 Å². The molecule has 4 aliphatic rings. The van der Waals surface area contributed by atoms with E-state index in [0.29, 0.717) is 18.5 Å². The van der Waals surface area contributed by atoms with Crippen molar-refractivity contribution >= 4 is 12.2 Å². The van der Waals surface area contributed by atoms with Crippen molar-refractivity contribution in [3.63, 3.8) is 0 Å². The first kappa shape index (κ1) is 20.1. The lowest BCUT2D eigenvalue weighted by molar-refractivity contribution is 0.0856. The third-order valence-corrected chi connectivity index (χ3v) is 9.72. The van der Waals surface area contributed by atoms with Crippen LogP contribution >= 0.6 is 0 Å². The van der Waals surface area contributed by atoms with Gasteiger partial charge in [-0.1, -0.05) is 96.0 Å². The molecule has 3 aromatic carbocycles. The molecule has 166 valence electrons. The molecule has 3 saturated heterocycles. The Morgan fingerprint density at radius 3 is 2.15 bits per heavy atom. The van der Waals surface area contributed by atoms with Crippen molar-refractivity contribution in [1.82, 2.24) is 10.2 Å². The third-order valence-electron chi connectivity index (χ3n) is 9.72. The monoisotopic (exact) mass is 432 g/mol. The normalized spacial score (nSPS) is 29.8. The number of fused-ring (bicyclic) bond motifs is 9. The summed E-state index contributed by atoms with van der Waals surface area (Å²) in [6, 6.07) is 30.4. The zero-order chi connectivity index (χ0) is 22.0. The molecule has 0 saturated carbocycles. The Balaban J connectivity index is 1.51. The summed E-state index contributed by atoms with van der Waals surface area (Å²) in [4.78, 5) is 2.62. The van der Waals surface area contributed by atoms with E-state index in [1.54, 1.807) is 16.6 Å². The van der Waals surface area contributed by atoms with Crippen LogP contribution in [0.15, 0.2) is 78.9 Å². The van der Waals surface area contributed by atoms with Crippen molar-refractivity contribution in [1.29, 1.82) is 0 Å². The molecule has 3 aromatic rings. The van der Waals surface area contributed by atoms with E-state index in [4.69, 9.17) is 0 Å². The maximum absolute atomic E-state index is 3.86. The second-order valence-corrected chi connectivity index (χ2v) is 11.0. The summed E-state index contributed by atoms with van der Waals surface area (Å²) in [5.41, 5.74) is 7.90. The molecular formula is C30H33BN2. The Morgan fingerprint density at radius 2 is 1.42 bits per heavy atom. The van der Waals surface area contributed by atoms with Crippen molar-refractivity contribution in [2.24, 2.45) is 11.8 Å². The molecule has 2 nitrogen and oxygen atoms in total. The fourth-order valence-corrected chi connectivity index (χ4v) is 8.72. The topological polar surface area (TPSA) is 15.3 Å². The SMILES string of the molecule is CN1CCC2B(c3ccccc3)C3CCNCC3C3(c4ccccc4-c4ccccc43)C2C1. The molecule has 3 heterocycles. The summed E-state index contributed by atoms with van der Waals surface area (Å²) in [5, 5.41) is 3.86. The number of hydrogen-bond acceptors (Lipinski definition) is 2. The highest BCUT2D eigenvalue weighted by molar-refractivity contribution is 6.76. The van der Waals surface area contributed by atoms with Crippen molar-refractivity contribution in [3.8, 4) is 11.1 Å². The smallest absolute Gasteiger partial charge is 0.183 e. The third kappa shape index (κ3) is 2.70. The van der Waals surface area contributed by atoms with Gasteiger partial charge in [-0.3, -0.25) is 0 Å². The van der Waals surface area contributed by atoms with Crippen LogP contribution in [-0.4, -0.2) is 44.8 Å². The van der Waals surface area contributed by atoms with Gasteiger partial charge in [0, 0.05) is 12.0 Å². The van der Waals surface area contributed by atoms with E-state index in [2.05, 4.69) is 96.1 Å². The summed E-state index contributed by atoms with van der Waals surface area (Å²) in [7, 11) is 2.35. The van der Waals surface area contributed by atoms with Gasteiger partial charge in [-0.05, 0) is 73.6 Å². The molecular weight excluding hydrogens is 399 g/mol. The number of rotatable bonds is 1. The minimum atomic E-state index is 0.107. The first-order valence-electron chi connectivity index (χ1n) is 12.9. The van der Waals surface area contributed by atoms with E-state index in [1.807, 2.05) is 0 Å². The molecule has 4 unspecified atom stereocenters. The van der Waals surface area contributed by atoms with Gasteiger partial charge in [-0.2, -0.15) is 0 Å². The van der Waals surface area contributed by atoms with E-state index in [1.165, 1.54) is 37.1 Å². The zero-order valence-electron chi connectivity index (χ0n) is 19.6. The Labute approximate surface area is 198 Å². The highest BCUT2D eigenvalue weighted by Crippen LogP contribution is 2.67. The molecule has 3 heteroatoms. The molecule has 0 aromatic heterocycles. The van der Waals surface area contributed by atoms with Gasteiger partial charge >= 0.3 is 0 Å². The first-order valence-corrected chi connectivity index (χ1v) is 12.9. The van der Waals surface area contributed by atoms with Gasteiger partial charge < -0.3 is 10.2 Å². The fourth-order valence-electron chi connectivity index (χ4n) is 8.72. The number of piperidine rings is 2. The van der Waals surface area contributed by atoms with E-state index >= 15 is 0 Å². The lowest BCUT2D eigenvalue weighted by Gasteiger charge is -2.62. The van der Waals surface area contributed by atoms with Crippen LogP contribution < -0.4 is 10.8 Å². The van der Waals surface area contributed by atoms with Crippen molar-refractivity contribution < 1.29 is 0 Å². The molecule has 1 aliphatic carbocycles. The lowest BCUT2D eigenvalue weighted by Crippen LogP contribution is -2.66. The Morgan fingerprint density at radius 1 is 0.788 bits per heavy atom. The van der Waals surface area contributed by atoms with Crippen molar-refractivity contribution in [2.75, 3.05) is 33.2 Å². The van der Waals surface area contributed by atoms with Gasteiger partial charge in [0.2, 0.25) is 0 Å². The van der Waals surface area contributed by atoms with Crippen LogP contribution in [0.1, 0.15) is 24.0 Å². The summed E-state index contributed by atoms with van der Waals surface area (Å²) in [6.45, 7) is 5.37. The van der Waals surface area contributed by atoms with Crippen LogP contribution in [0.2, 0.25) is 11.6 Å². The van der Waals surface area contributed by atoms with Gasteiger partial charge in [0.1, 0.15) is 0 Å². The molecule has 7 rings (SSSR count). The van der Waals surface area contributed by atoms with Gasteiger partial charge in [-0.15, -0.1) is 0 Å². The summed E-state index contributed by atoms with van der Waals surface area (Å²) < 4.78 is 0. The number of likely N-dealkylation sites (tertiary alicyclic amines) is 1. The van der Waals surface area contributed by atoms with Crippen LogP contribution in [0.4, 0.5) is 0 Å². The molecule has 0 radical (unpaired) electrons. The zero-order valence-corrected chi connectivity index (χ0v) is 19.6. The molecule has 0 amide bonds. The average Bonchev–Trinajstić information content (AvgIpc) is 3.17. The molecule has 33 heavy (non-hydrogen) atoms. The molecule has 0 bridgehead atoms. The maximum Gasteiger partial charge on any atom is 0.183 e. The summed E-state index contributed by atoms with van der Waals surface area (Å²) >= 11 is 0. The molecule has 1 N–H and O–H groups in total.